The van der Waals surface area contributed by atoms with Crippen LogP contribution in [0.2, 0.25) is 0 Å². The van der Waals surface area contributed by atoms with Gasteiger partial charge in [0.2, 0.25) is 0 Å². The summed E-state index contributed by atoms with van der Waals surface area (Å²) in [6, 6.07) is 0.795. The van der Waals surface area contributed by atoms with Gasteiger partial charge >= 0.3 is 0 Å². The van der Waals surface area contributed by atoms with Crippen LogP contribution in [0.1, 0.15) is 45.4 Å². The third kappa shape index (κ3) is 6.55. The monoisotopic (exact) mass is 217 g/mol. The molecule has 1 N–H and O–H groups in total. The van der Waals surface area contributed by atoms with Gasteiger partial charge in [-0.05, 0) is 32.2 Å². The van der Waals surface area contributed by atoms with Crippen LogP contribution in [0.3, 0.4) is 0 Å². The van der Waals surface area contributed by atoms with Crippen LogP contribution in [0.25, 0.3) is 0 Å². The van der Waals surface area contributed by atoms with E-state index in [2.05, 4.69) is 12.2 Å². The summed E-state index contributed by atoms with van der Waals surface area (Å²) in [6.45, 7) is 3.24. The zero-order valence-corrected chi connectivity index (χ0v) is 10.1. The van der Waals surface area contributed by atoms with E-state index in [1.54, 1.807) is 0 Å². The summed E-state index contributed by atoms with van der Waals surface area (Å²) in [4.78, 5) is 0. The summed E-state index contributed by atoms with van der Waals surface area (Å²) in [6.07, 6.45) is 7.36. The van der Waals surface area contributed by atoms with Crippen molar-refractivity contribution in [3.8, 4) is 0 Å². The van der Waals surface area contributed by atoms with Crippen molar-refractivity contribution in [2.45, 2.75) is 51.5 Å². The fourth-order valence-corrected chi connectivity index (χ4v) is 2.64. The van der Waals surface area contributed by atoms with Gasteiger partial charge in [0, 0.05) is 28.3 Å². The molecule has 1 unspecified atom stereocenters. The molecule has 3 heteroatoms. The second kappa shape index (κ2) is 7.41. The van der Waals surface area contributed by atoms with Crippen LogP contribution in [0.4, 0.5) is 0 Å². The second-order valence-corrected chi connectivity index (χ2v) is 5.83. The lowest BCUT2D eigenvalue weighted by atomic mass is 10.3. The highest BCUT2D eigenvalue weighted by atomic mass is 32.2. The summed E-state index contributed by atoms with van der Waals surface area (Å²) in [5.41, 5.74) is 0. The average molecular weight is 217 g/mol. The van der Waals surface area contributed by atoms with E-state index >= 15 is 0 Å². The molecule has 0 aromatic carbocycles. The van der Waals surface area contributed by atoms with E-state index in [9.17, 15) is 4.21 Å². The number of rotatable bonds is 9. The minimum Gasteiger partial charge on any atom is -0.314 e. The Bertz CT molecular complexity index is 169. The van der Waals surface area contributed by atoms with Crippen molar-refractivity contribution in [3.05, 3.63) is 0 Å². The Morgan fingerprint density at radius 1 is 1.21 bits per heavy atom. The third-order valence-corrected chi connectivity index (χ3v) is 4.02. The third-order valence-electron chi connectivity index (χ3n) is 2.53. The number of hydrogen-bond acceptors (Lipinski definition) is 2. The Hall–Kier alpha value is 0.110. The molecule has 1 aliphatic rings. The minimum atomic E-state index is -0.556. The van der Waals surface area contributed by atoms with Crippen LogP contribution >= 0.6 is 0 Å². The van der Waals surface area contributed by atoms with Crippen LogP contribution < -0.4 is 5.32 Å². The number of hydrogen-bond donors (Lipinski definition) is 1. The van der Waals surface area contributed by atoms with Crippen LogP contribution in [-0.2, 0) is 10.8 Å². The molecule has 0 heterocycles. The van der Waals surface area contributed by atoms with E-state index in [-0.39, 0.29) is 0 Å². The molecule has 1 rings (SSSR count). The van der Waals surface area contributed by atoms with E-state index in [1.165, 1.54) is 25.7 Å². The summed E-state index contributed by atoms with van der Waals surface area (Å²) in [5, 5.41) is 3.44. The van der Waals surface area contributed by atoms with Gasteiger partial charge in [-0.2, -0.15) is 0 Å². The molecular weight excluding hydrogens is 194 g/mol. The molecule has 0 amide bonds. The van der Waals surface area contributed by atoms with E-state index in [0.29, 0.717) is 0 Å². The summed E-state index contributed by atoms with van der Waals surface area (Å²) >= 11 is 0. The van der Waals surface area contributed by atoms with E-state index < -0.39 is 10.8 Å². The van der Waals surface area contributed by atoms with Gasteiger partial charge in [0.25, 0.3) is 0 Å². The zero-order chi connectivity index (χ0) is 10.2. The zero-order valence-electron chi connectivity index (χ0n) is 9.26. The largest absolute Gasteiger partial charge is 0.314 e. The molecule has 0 aromatic rings. The van der Waals surface area contributed by atoms with Gasteiger partial charge in [0.05, 0.1) is 0 Å². The maximum Gasteiger partial charge on any atom is 0.0246 e. The highest BCUT2D eigenvalue weighted by molar-refractivity contribution is 7.84. The van der Waals surface area contributed by atoms with E-state index in [0.717, 1.165) is 36.9 Å². The van der Waals surface area contributed by atoms with Gasteiger partial charge in [-0.3, -0.25) is 4.21 Å². The molecule has 84 valence electrons. The molecule has 0 bridgehead atoms. The summed E-state index contributed by atoms with van der Waals surface area (Å²) in [7, 11) is -0.556. The quantitative estimate of drug-likeness (QED) is 0.599. The standard InChI is InChI=1S/C11H23NOS/c1-2-3-4-9-14(13)10-5-8-12-11-6-7-11/h11-12H,2-10H2,1H3. The van der Waals surface area contributed by atoms with E-state index in [4.69, 9.17) is 0 Å². The number of nitrogens with one attached hydrogen (secondary N) is 1. The van der Waals surface area contributed by atoms with Crippen molar-refractivity contribution in [1.29, 1.82) is 0 Å². The van der Waals surface area contributed by atoms with Gasteiger partial charge in [0.1, 0.15) is 0 Å². The lowest BCUT2D eigenvalue weighted by Crippen LogP contribution is -2.19. The summed E-state index contributed by atoms with van der Waals surface area (Å²) < 4.78 is 11.5. The van der Waals surface area contributed by atoms with Crippen LogP contribution in [0.15, 0.2) is 0 Å². The Morgan fingerprint density at radius 3 is 2.57 bits per heavy atom. The van der Waals surface area contributed by atoms with Crippen molar-refractivity contribution < 1.29 is 4.21 Å². The Morgan fingerprint density at radius 2 is 1.93 bits per heavy atom. The van der Waals surface area contributed by atoms with Crippen LogP contribution in [0.5, 0.6) is 0 Å². The van der Waals surface area contributed by atoms with E-state index in [1.807, 2.05) is 0 Å². The molecule has 0 spiro atoms. The topological polar surface area (TPSA) is 29.1 Å². The molecule has 0 saturated heterocycles. The molecule has 0 aromatic heterocycles. The van der Waals surface area contributed by atoms with Crippen molar-refractivity contribution in [3.63, 3.8) is 0 Å². The average Bonchev–Trinajstić information content (AvgIpc) is 2.97. The maximum atomic E-state index is 11.5. The molecular formula is C11H23NOS. The smallest absolute Gasteiger partial charge is 0.0246 e. The minimum absolute atomic E-state index is 0.556. The van der Waals surface area contributed by atoms with Crippen molar-refractivity contribution in [2.24, 2.45) is 0 Å². The predicted molar refractivity (Wildman–Crippen MR) is 63.0 cm³/mol. The van der Waals surface area contributed by atoms with Gasteiger partial charge in [-0.1, -0.05) is 19.8 Å². The first-order valence-electron chi connectivity index (χ1n) is 5.91. The summed E-state index contributed by atoms with van der Waals surface area (Å²) in [5.74, 6) is 1.81. The number of unbranched alkanes of at least 4 members (excludes halogenated alkanes) is 2. The van der Waals surface area contributed by atoms with Crippen molar-refractivity contribution in [1.82, 2.24) is 5.32 Å². The molecule has 0 radical (unpaired) electrons. The molecule has 1 fully saturated rings. The molecule has 1 aliphatic carbocycles. The normalized spacial score (nSPS) is 18.4. The van der Waals surface area contributed by atoms with Crippen LogP contribution in [-0.4, -0.2) is 28.3 Å². The molecule has 1 atom stereocenters. The highest BCUT2D eigenvalue weighted by Gasteiger charge is 2.19. The Balaban J connectivity index is 1.81. The Labute approximate surface area is 90.3 Å². The second-order valence-electron chi connectivity index (χ2n) is 4.14. The highest BCUT2D eigenvalue weighted by Crippen LogP contribution is 2.18. The molecule has 2 nitrogen and oxygen atoms in total. The van der Waals surface area contributed by atoms with Crippen molar-refractivity contribution >= 4 is 10.8 Å². The first kappa shape index (κ1) is 12.2. The van der Waals surface area contributed by atoms with Gasteiger partial charge < -0.3 is 5.32 Å². The lowest BCUT2D eigenvalue weighted by molar-refractivity contribution is 0.653. The van der Waals surface area contributed by atoms with Crippen LogP contribution in [0, 0.1) is 0 Å². The van der Waals surface area contributed by atoms with Crippen molar-refractivity contribution in [2.75, 3.05) is 18.1 Å². The Kier molecular flexibility index (Phi) is 6.45. The molecule has 1 saturated carbocycles. The SMILES string of the molecule is CCCCCS(=O)CCCNC1CC1. The molecule has 0 aliphatic heterocycles. The predicted octanol–water partition coefficient (Wildman–Crippen LogP) is 2.07. The van der Waals surface area contributed by atoms with Gasteiger partial charge in [0.15, 0.2) is 0 Å². The fraction of sp³-hybridized carbons (Fsp3) is 1.00. The maximum absolute atomic E-state index is 11.5. The fourth-order valence-electron chi connectivity index (χ4n) is 1.44. The lowest BCUT2D eigenvalue weighted by Gasteiger charge is -2.03. The first-order chi connectivity index (χ1) is 6.83. The molecule has 14 heavy (non-hydrogen) atoms. The van der Waals surface area contributed by atoms with Gasteiger partial charge in [-0.25, -0.2) is 0 Å². The van der Waals surface area contributed by atoms with Gasteiger partial charge in [-0.15, -0.1) is 0 Å². The first-order valence-corrected chi connectivity index (χ1v) is 7.40.